The third-order valence-corrected chi connectivity index (χ3v) is 5.87. The highest BCUT2D eigenvalue weighted by atomic mass is 35.5. The molecule has 0 amide bonds. The van der Waals surface area contributed by atoms with Crippen LogP contribution in [0.4, 0.5) is 8.78 Å². The minimum absolute atomic E-state index is 0.0277. The van der Waals surface area contributed by atoms with Gasteiger partial charge in [-0.1, -0.05) is 11.6 Å². The normalized spacial score (nSPS) is 17.7. The van der Waals surface area contributed by atoms with Gasteiger partial charge in [0.05, 0.1) is 24.6 Å². The van der Waals surface area contributed by atoms with Crippen molar-refractivity contribution in [3.63, 3.8) is 0 Å². The number of imidazole rings is 1. The van der Waals surface area contributed by atoms with Crippen molar-refractivity contribution in [2.45, 2.75) is 25.1 Å². The summed E-state index contributed by atoms with van der Waals surface area (Å²) in [4.78, 5) is 8.83. The van der Waals surface area contributed by atoms with Gasteiger partial charge in [-0.15, -0.1) is 0 Å². The molecule has 1 aliphatic carbocycles. The molecule has 1 aromatic carbocycles. The van der Waals surface area contributed by atoms with Crippen molar-refractivity contribution in [3.05, 3.63) is 76.8 Å². The van der Waals surface area contributed by atoms with Crippen LogP contribution in [0, 0.1) is 0 Å². The Balaban J connectivity index is 1.64. The topological polar surface area (TPSA) is 68.9 Å². The summed E-state index contributed by atoms with van der Waals surface area (Å²) in [6.07, 6.45) is 3.05. The van der Waals surface area contributed by atoms with Gasteiger partial charge in [-0.05, 0) is 42.8 Å². The Morgan fingerprint density at radius 3 is 2.69 bits per heavy atom. The molecule has 0 unspecified atom stereocenters. The predicted octanol–water partition coefficient (Wildman–Crippen LogP) is 5.23. The average molecular weight is 458 g/mol. The Hall–Kier alpha value is -3.23. The molecule has 1 N–H and O–H groups in total. The molecule has 6 nitrogen and oxygen atoms in total. The molecule has 0 spiro atoms. The molecule has 5 rings (SSSR count). The maximum atomic E-state index is 13.0. The van der Waals surface area contributed by atoms with Crippen LogP contribution in [0.5, 0.6) is 11.6 Å². The van der Waals surface area contributed by atoms with E-state index in [-0.39, 0.29) is 12.2 Å². The zero-order chi connectivity index (χ0) is 22.4. The second kappa shape index (κ2) is 8.03. The van der Waals surface area contributed by atoms with Crippen LogP contribution in [0.1, 0.15) is 35.4 Å². The highest BCUT2D eigenvalue weighted by Gasteiger charge is 2.37. The van der Waals surface area contributed by atoms with Crippen LogP contribution in [-0.2, 0) is 0 Å². The molecular weight excluding hydrogens is 440 g/mol. The summed E-state index contributed by atoms with van der Waals surface area (Å²) in [6.45, 7) is -2.97. The Labute approximate surface area is 187 Å². The third kappa shape index (κ3) is 3.55. The average Bonchev–Trinajstić information content (AvgIpc) is 3.32. The second-order valence-corrected chi connectivity index (χ2v) is 7.92. The molecule has 164 valence electrons. The van der Waals surface area contributed by atoms with Crippen LogP contribution in [0.25, 0.3) is 16.8 Å². The Kier molecular flexibility index (Phi) is 5.19. The van der Waals surface area contributed by atoms with Gasteiger partial charge in [0, 0.05) is 46.1 Å². The molecule has 4 aromatic rings. The van der Waals surface area contributed by atoms with E-state index in [4.69, 9.17) is 21.1 Å². The minimum atomic E-state index is -2.97. The van der Waals surface area contributed by atoms with E-state index >= 15 is 0 Å². The Morgan fingerprint density at radius 2 is 1.97 bits per heavy atom. The molecule has 1 aliphatic rings. The highest BCUT2D eigenvalue weighted by molar-refractivity contribution is 6.30. The van der Waals surface area contributed by atoms with Gasteiger partial charge in [-0.25, -0.2) is 9.97 Å². The quantitative estimate of drug-likeness (QED) is 0.444. The van der Waals surface area contributed by atoms with Gasteiger partial charge >= 0.3 is 6.61 Å². The van der Waals surface area contributed by atoms with E-state index in [1.54, 1.807) is 25.4 Å². The number of ether oxygens (including phenoxy) is 2. The molecular formula is C23H18ClF2N3O3. The lowest BCUT2D eigenvalue weighted by molar-refractivity contribution is -0.0505. The van der Waals surface area contributed by atoms with Gasteiger partial charge < -0.3 is 19.0 Å². The van der Waals surface area contributed by atoms with Gasteiger partial charge in [0.1, 0.15) is 11.4 Å². The summed E-state index contributed by atoms with van der Waals surface area (Å²) in [6, 6.07) is 11.9. The molecule has 0 saturated carbocycles. The largest absolute Gasteiger partial charge is 0.481 e. The molecule has 0 bridgehead atoms. The van der Waals surface area contributed by atoms with Gasteiger partial charge in [-0.3, -0.25) is 0 Å². The number of hydrogen-bond acceptors (Lipinski definition) is 5. The van der Waals surface area contributed by atoms with E-state index in [9.17, 15) is 13.9 Å². The molecule has 0 aliphatic heterocycles. The van der Waals surface area contributed by atoms with Crippen LogP contribution in [0.2, 0.25) is 5.02 Å². The molecule has 0 saturated heterocycles. The van der Waals surface area contributed by atoms with Crippen molar-refractivity contribution in [2.24, 2.45) is 0 Å². The second-order valence-electron chi connectivity index (χ2n) is 7.48. The standard InChI is InChI=1S/C23H18ClF2N3O3/c1-31-20-7-3-12(10-27-20)13-2-6-19-28-21-17(30)9-16(22(21)29(19)11-13)15-8-14(24)4-5-18(15)32-23(25)26/h2-8,10-11,16-17,23,30H,9H2,1H3/t16-,17-/m1/s1. The zero-order valence-corrected chi connectivity index (χ0v) is 17.6. The maximum Gasteiger partial charge on any atom is 0.387 e. The van der Waals surface area contributed by atoms with Gasteiger partial charge in [-0.2, -0.15) is 8.78 Å². The number of aliphatic hydroxyl groups excluding tert-OH is 1. The van der Waals surface area contributed by atoms with Crippen LogP contribution in [0.15, 0.2) is 54.9 Å². The van der Waals surface area contributed by atoms with E-state index in [0.717, 1.165) is 16.8 Å². The summed E-state index contributed by atoms with van der Waals surface area (Å²) >= 11 is 6.17. The minimum Gasteiger partial charge on any atom is -0.481 e. The summed E-state index contributed by atoms with van der Waals surface area (Å²) in [7, 11) is 1.55. The molecule has 0 radical (unpaired) electrons. The first-order chi connectivity index (χ1) is 15.4. The summed E-state index contributed by atoms with van der Waals surface area (Å²) in [5, 5.41) is 11.1. The van der Waals surface area contributed by atoms with E-state index in [2.05, 4.69) is 9.97 Å². The lowest BCUT2D eigenvalue weighted by Gasteiger charge is -2.18. The number of rotatable bonds is 5. The summed E-state index contributed by atoms with van der Waals surface area (Å²) in [5.74, 6) is 0.112. The number of pyridine rings is 2. The lowest BCUT2D eigenvalue weighted by atomic mass is 9.95. The van der Waals surface area contributed by atoms with E-state index in [1.165, 1.54) is 12.1 Å². The molecule has 3 aromatic heterocycles. The number of alkyl halides is 2. The SMILES string of the molecule is COc1ccc(-c2ccc3nc4c(n3c2)[C@@H](c2cc(Cl)ccc2OC(F)F)C[C@H]4O)cn1. The molecule has 3 heterocycles. The molecule has 0 fully saturated rings. The van der Waals surface area contributed by atoms with Crippen molar-refractivity contribution >= 4 is 17.2 Å². The first kappa shape index (κ1) is 20.7. The van der Waals surface area contributed by atoms with Crippen molar-refractivity contribution in [3.8, 4) is 22.8 Å². The smallest absolute Gasteiger partial charge is 0.387 e. The van der Waals surface area contributed by atoms with Crippen molar-refractivity contribution in [1.29, 1.82) is 0 Å². The predicted molar refractivity (Wildman–Crippen MR) is 114 cm³/mol. The van der Waals surface area contributed by atoms with E-state index in [1.807, 2.05) is 28.8 Å². The lowest BCUT2D eigenvalue weighted by Crippen LogP contribution is -2.08. The van der Waals surface area contributed by atoms with Crippen LogP contribution >= 0.6 is 11.6 Å². The van der Waals surface area contributed by atoms with Crippen molar-refractivity contribution in [1.82, 2.24) is 14.4 Å². The monoisotopic (exact) mass is 457 g/mol. The highest BCUT2D eigenvalue weighted by Crippen LogP contribution is 2.47. The van der Waals surface area contributed by atoms with Crippen LogP contribution < -0.4 is 9.47 Å². The van der Waals surface area contributed by atoms with Gasteiger partial charge in [0.25, 0.3) is 0 Å². The van der Waals surface area contributed by atoms with Crippen molar-refractivity contribution in [2.75, 3.05) is 7.11 Å². The van der Waals surface area contributed by atoms with Crippen molar-refractivity contribution < 1.29 is 23.4 Å². The number of methoxy groups -OCH3 is 1. The van der Waals surface area contributed by atoms with Gasteiger partial charge in [0.2, 0.25) is 5.88 Å². The Bertz CT molecular complexity index is 1290. The number of aromatic nitrogens is 3. The van der Waals surface area contributed by atoms with E-state index < -0.39 is 18.6 Å². The molecule has 32 heavy (non-hydrogen) atoms. The van der Waals surface area contributed by atoms with E-state index in [0.29, 0.717) is 27.8 Å². The number of halogens is 3. The number of hydrogen-bond donors (Lipinski definition) is 1. The first-order valence-electron chi connectivity index (χ1n) is 9.89. The fraction of sp³-hybridized carbons (Fsp3) is 0.217. The van der Waals surface area contributed by atoms with Gasteiger partial charge in [0.15, 0.2) is 0 Å². The third-order valence-electron chi connectivity index (χ3n) is 5.63. The summed E-state index contributed by atoms with van der Waals surface area (Å²) < 4.78 is 37.8. The van der Waals surface area contributed by atoms with Crippen LogP contribution in [0.3, 0.4) is 0 Å². The zero-order valence-electron chi connectivity index (χ0n) is 16.9. The fourth-order valence-corrected chi connectivity index (χ4v) is 4.41. The van der Waals surface area contributed by atoms with Crippen LogP contribution in [-0.4, -0.2) is 33.2 Å². The molecule has 9 heteroatoms. The first-order valence-corrected chi connectivity index (χ1v) is 10.3. The number of nitrogens with zero attached hydrogens (tertiary/aromatic N) is 3. The number of benzene rings is 1. The number of aliphatic hydroxyl groups is 1. The summed E-state index contributed by atoms with van der Waals surface area (Å²) in [5.41, 5.74) is 4.11. The Morgan fingerprint density at radius 1 is 1.16 bits per heavy atom. The maximum absolute atomic E-state index is 13.0. The molecule has 2 atom stereocenters. The number of fused-ring (bicyclic) bond motifs is 3. The fourth-order valence-electron chi connectivity index (χ4n) is 4.23.